The zero-order valence-corrected chi connectivity index (χ0v) is 20.5. The molecule has 1 aliphatic carbocycles. The van der Waals surface area contributed by atoms with E-state index in [2.05, 4.69) is 5.48 Å². The number of hydrogen-bond acceptors (Lipinski definition) is 4. The summed E-state index contributed by atoms with van der Waals surface area (Å²) in [5, 5.41) is 11.0. The van der Waals surface area contributed by atoms with Crippen molar-refractivity contribution in [2.75, 3.05) is 0 Å². The number of rotatable bonds is 6. The van der Waals surface area contributed by atoms with Gasteiger partial charge in [0.15, 0.2) is 0 Å². The molecule has 2 aliphatic rings. The number of hydroxylamine groups is 1. The maximum atomic E-state index is 13.9. The van der Waals surface area contributed by atoms with Crippen LogP contribution < -0.4 is 5.48 Å². The van der Waals surface area contributed by atoms with Crippen LogP contribution in [0.15, 0.2) is 78.9 Å². The van der Waals surface area contributed by atoms with E-state index < -0.39 is 18.1 Å². The largest absolute Gasteiger partial charge is 0.391 e. The number of carbonyl (C=O) groups excluding carboxylic acids is 2. The van der Waals surface area contributed by atoms with Gasteiger partial charge in [-0.2, -0.15) is 0 Å². The molecule has 3 aromatic rings. The minimum absolute atomic E-state index is 0.142. The zero-order valence-electron chi connectivity index (χ0n) is 20.5. The Hall–Kier alpha value is -3.48. The third-order valence-electron chi connectivity index (χ3n) is 7.38. The van der Waals surface area contributed by atoms with Crippen molar-refractivity contribution in [1.82, 2.24) is 10.4 Å². The zero-order chi connectivity index (χ0) is 25.1. The number of amides is 2. The van der Waals surface area contributed by atoms with Gasteiger partial charge in [0, 0.05) is 5.56 Å². The van der Waals surface area contributed by atoms with Crippen LogP contribution in [0, 0.1) is 6.92 Å². The summed E-state index contributed by atoms with van der Waals surface area (Å²) in [7, 11) is 0. The maximum Gasteiger partial charge on any atom is 0.255 e. The van der Waals surface area contributed by atoms with E-state index in [1.165, 1.54) is 0 Å². The number of nitrogens with one attached hydrogen (secondary N) is 1. The van der Waals surface area contributed by atoms with Crippen molar-refractivity contribution in [1.29, 1.82) is 0 Å². The molecule has 0 radical (unpaired) electrons. The van der Waals surface area contributed by atoms with Gasteiger partial charge in [0.1, 0.15) is 0 Å². The number of aliphatic hydroxyl groups is 1. The van der Waals surface area contributed by atoms with Crippen molar-refractivity contribution in [2.24, 2.45) is 0 Å². The highest BCUT2D eigenvalue weighted by atomic mass is 16.6. The summed E-state index contributed by atoms with van der Waals surface area (Å²) in [6.07, 6.45) is 2.59. The first kappa shape index (κ1) is 24.2. The fourth-order valence-electron chi connectivity index (χ4n) is 5.56. The first-order valence-electron chi connectivity index (χ1n) is 12.7. The average Bonchev–Trinajstić information content (AvgIpc) is 2.90. The highest BCUT2D eigenvalue weighted by Gasteiger charge is 2.48. The van der Waals surface area contributed by atoms with Gasteiger partial charge in [-0.15, -0.1) is 0 Å². The van der Waals surface area contributed by atoms with Gasteiger partial charge < -0.3 is 10.0 Å². The number of benzene rings is 3. The van der Waals surface area contributed by atoms with Crippen molar-refractivity contribution in [3.05, 3.63) is 107 Å². The van der Waals surface area contributed by atoms with E-state index >= 15 is 0 Å². The van der Waals surface area contributed by atoms with Crippen LogP contribution in [0.4, 0.5) is 0 Å². The second-order valence-electron chi connectivity index (χ2n) is 9.79. The number of aryl methyl sites for hydroxylation is 1. The third-order valence-corrected chi connectivity index (χ3v) is 7.38. The Bertz CT molecular complexity index is 1210. The molecule has 186 valence electrons. The molecule has 4 unspecified atom stereocenters. The molecule has 0 bridgehead atoms. The SMILES string of the molecule is Cc1ccc(C2C(C(=O)NOCc3ccccc3)c3ccccc3C(=O)N2C2CCCCC2O)cc1. The van der Waals surface area contributed by atoms with Crippen LogP contribution in [-0.4, -0.2) is 34.0 Å². The molecule has 1 fully saturated rings. The third kappa shape index (κ3) is 4.79. The van der Waals surface area contributed by atoms with Gasteiger partial charge >= 0.3 is 0 Å². The van der Waals surface area contributed by atoms with E-state index in [1.54, 1.807) is 11.0 Å². The van der Waals surface area contributed by atoms with Crippen molar-refractivity contribution in [3.8, 4) is 0 Å². The maximum absolute atomic E-state index is 13.9. The second kappa shape index (κ2) is 10.6. The Morgan fingerprint density at radius 2 is 1.67 bits per heavy atom. The average molecular weight is 485 g/mol. The summed E-state index contributed by atoms with van der Waals surface area (Å²) in [5.74, 6) is -1.14. The first-order valence-corrected chi connectivity index (χ1v) is 12.7. The van der Waals surface area contributed by atoms with Crippen LogP contribution in [0.1, 0.15) is 70.3 Å². The fraction of sp³-hybridized carbons (Fsp3) is 0.333. The van der Waals surface area contributed by atoms with Crippen molar-refractivity contribution < 1.29 is 19.5 Å². The van der Waals surface area contributed by atoms with Crippen LogP contribution in [0.3, 0.4) is 0 Å². The Labute approximate surface area is 211 Å². The second-order valence-corrected chi connectivity index (χ2v) is 9.79. The smallest absolute Gasteiger partial charge is 0.255 e. The molecule has 0 spiro atoms. The molecule has 6 nitrogen and oxygen atoms in total. The van der Waals surface area contributed by atoms with Gasteiger partial charge in [0.25, 0.3) is 11.8 Å². The molecule has 36 heavy (non-hydrogen) atoms. The Balaban J connectivity index is 1.54. The first-order chi connectivity index (χ1) is 17.5. The predicted molar refractivity (Wildman–Crippen MR) is 137 cm³/mol. The van der Waals surface area contributed by atoms with Gasteiger partial charge in [-0.3, -0.25) is 14.4 Å². The van der Waals surface area contributed by atoms with Crippen LogP contribution in [0.5, 0.6) is 0 Å². The molecule has 1 heterocycles. The molecular formula is C30H32N2O4. The van der Waals surface area contributed by atoms with Crippen molar-refractivity contribution in [3.63, 3.8) is 0 Å². The molecule has 4 atom stereocenters. The van der Waals surface area contributed by atoms with Gasteiger partial charge in [0.05, 0.1) is 30.7 Å². The number of nitrogens with zero attached hydrogens (tertiary/aromatic N) is 1. The summed E-state index contributed by atoms with van der Waals surface area (Å²) < 4.78 is 0. The van der Waals surface area contributed by atoms with Crippen LogP contribution in [0.25, 0.3) is 0 Å². The van der Waals surface area contributed by atoms with Crippen molar-refractivity contribution >= 4 is 11.8 Å². The highest BCUT2D eigenvalue weighted by molar-refractivity contribution is 6.01. The van der Waals surface area contributed by atoms with E-state index in [4.69, 9.17) is 4.84 Å². The molecule has 0 aromatic heterocycles. The minimum atomic E-state index is -0.688. The van der Waals surface area contributed by atoms with Crippen LogP contribution >= 0.6 is 0 Å². The van der Waals surface area contributed by atoms with Crippen LogP contribution in [0.2, 0.25) is 0 Å². The monoisotopic (exact) mass is 484 g/mol. The number of carbonyl (C=O) groups is 2. The predicted octanol–water partition coefficient (Wildman–Crippen LogP) is 4.83. The quantitative estimate of drug-likeness (QED) is 0.492. The van der Waals surface area contributed by atoms with E-state index in [9.17, 15) is 14.7 Å². The lowest BCUT2D eigenvalue weighted by Crippen LogP contribution is -2.55. The number of aliphatic hydroxyl groups excluding tert-OH is 1. The van der Waals surface area contributed by atoms with Crippen molar-refractivity contribution in [2.45, 2.75) is 63.3 Å². The van der Waals surface area contributed by atoms with Gasteiger partial charge in [0.2, 0.25) is 0 Å². The topological polar surface area (TPSA) is 78.9 Å². The van der Waals surface area contributed by atoms with E-state index in [1.807, 2.05) is 79.7 Å². The summed E-state index contributed by atoms with van der Waals surface area (Å²) in [4.78, 5) is 35.1. The number of fused-ring (bicyclic) bond motifs is 1. The fourth-order valence-corrected chi connectivity index (χ4v) is 5.56. The molecule has 1 aliphatic heterocycles. The summed E-state index contributed by atoms with van der Waals surface area (Å²) in [6, 6.07) is 24.0. The Morgan fingerprint density at radius 3 is 2.42 bits per heavy atom. The molecule has 3 aromatic carbocycles. The summed E-state index contributed by atoms with van der Waals surface area (Å²) in [5.41, 5.74) is 6.74. The van der Waals surface area contributed by atoms with Crippen LogP contribution in [-0.2, 0) is 16.2 Å². The van der Waals surface area contributed by atoms with E-state index in [0.29, 0.717) is 24.0 Å². The van der Waals surface area contributed by atoms with E-state index in [0.717, 1.165) is 29.5 Å². The van der Waals surface area contributed by atoms with Gasteiger partial charge in [-0.05, 0) is 42.5 Å². The molecule has 0 saturated heterocycles. The molecule has 6 heteroatoms. The molecule has 2 N–H and O–H groups in total. The summed E-state index contributed by atoms with van der Waals surface area (Å²) in [6.45, 7) is 2.25. The lowest BCUT2D eigenvalue weighted by atomic mass is 9.77. The standard InChI is InChI=1S/C30H32N2O4/c1-20-15-17-22(18-16-20)28-27(29(34)31-36-19-21-9-3-2-4-10-21)23-11-5-6-12-24(23)30(35)32(28)25-13-7-8-14-26(25)33/h2-6,9-12,15-18,25-28,33H,7-8,13-14,19H2,1H3,(H,31,34). The molecule has 2 amide bonds. The normalized spacial score (nSPS) is 23.7. The van der Waals surface area contributed by atoms with Gasteiger partial charge in [-0.1, -0.05) is 91.2 Å². The summed E-state index contributed by atoms with van der Waals surface area (Å²) >= 11 is 0. The molecular weight excluding hydrogens is 452 g/mol. The molecule has 5 rings (SSSR count). The Kier molecular flexibility index (Phi) is 7.16. The Morgan fingerprint density at radius 1 is 0.972 bits per heavy atom. The highest BCUT2D eigenvalue weighted by Crippen LogP contribution is 2.45. The van der Waals surface area contributed by atoms with Gasteiger partial charge in [-0.25, -0.2) is 5.48 Å². The molecule has 1 saturated carbocycles. The van der Waals surface area contributed by atoms with E-state index in [-0.39, 0.29) is 24.5 Å². The minimum Gasteiger partial charge on any atom is -0.391 e. The lowest BCUT2D eigenvalue weighted by Gasteiger charge is -2.48. The lowest BCUT2D eigenvalue weighted by molar-refractivity contribution is -0.138. The number of hydrogen-bond donors (Lipinski definition) is 2.